The molecule has 0 fully saturated rings. The van der Waals surface area contributed by atoms with Crippen LogP contribution in [0.15, 0.2) is 60.7 Å². The molecule has 0 spiro atoms. The maximum Gasteiger partial charge on any atom is 0.167 e. The van der Waals surface area contributed by atoms with E-state index in [9.17, 15) is 0 Å². The van der Waals surface area contributed by atoms with Gasteiger partial charge < -0.3 is 0 Å². The number of benzene rings is 2. The maximum absolute atomic E-state index is 2.49. The molecule has 1 unspecified atom stereocenters. The third kappa shape index (κ3) is 2.12. The van der Waals surface area contributed by atoms with Crippen LogP contribution in [0, 0.1) is 0 Å². The summed E-state index contributed by atoms with van der Waals surface area (Å²) in [6.07, 6.45) is 2.24. The van der Waals surface area contributed by atoms with Crippen LogP contribution in [0.2, 0.25) is 0 Å². The highest BCUT2D eigenvalue weighted by molar-refractivity contribution is 5.95. The second-order valence-corrected chi connectivity index (χ2v) is 6.10. The van der Waals surface area contributed by atoms with Gasteiger partial charge in [0, 0.05) is 12.8 Å². The molecule has 0 bridgehead atoms. The van der Waals surface area contributed by atoms with Gasteiger partial charge >= 0.3 is 0 Å². The van der Waals surface area contributed by atoms with Crippen molar-refractivity contribution in [2.24, 2.45) is 0 Å². The van der Waals surface area contributed by atoms with Gasteiger partial charge in [0.05, 0.1) is 0 Å². The molecule has 0 amide bonds. The molecule has 0 saturated carbocycles. The highest BCUT2D eigenvalue weighted by Gasteiger charge is 2.51. The molecule has 2 aromatic carbocycles. The fourth-order valence-corrected chi connectivity index (χ4v) is 4.00. The molecule has 1 heteroatoms. The SMILES string of the molecule is CCC1=[N+](C)C(C)CC1(c1ccccc1)c1ccccc1. The average Bonchev–Trinajstić information content (AvgIpc) is 2.81. The Hall–Kier alpha value is -1.89. The van der Waals surface area contributed by atoms with Crippen molar-refractivity contribution in [3.63, 3.8) is 0 Å². The fraction of sp³-hybridized carbons (Fsp3) is 0.350. The summed E-state index contributed by atoms with van der Waals surface area (Å²) in [6, 6.07) is 22.6. The van der Waals surface area contributed by atoms with E-state index >= 15 is 0 Å². The summed E-state index contributed by atoms with van der Waals surface area (Å²) in [5.74, 6) is 0. The molecule has 0 saturated heterocycles. The minimum atomic E-state index is 0.0332. The first-order chi connectivity index (χ1) is 10.2. The van der Waals surface area contributed by atoms with Crippen LogP contribution in [0.3, 0.4) is 0 Å². The Bertz CT molecular complexity index is 601. The van der Waals surface area contributed by atoms with E-state index in [2.05, 4.69) is 86.1 Å². The Balaban J connectivity index is 2.28. The van der Waals surface area contributed by atoms with Gasteiger partial charge in [0.2, 0.25) is 0 Å². The van der Waals surface area contributed by atoms with E-state index in [4.69, 9.17) is 0 Å². The zero-order valence-electron chi connectivity index (χ0n) is 13.2. The lowest BCUT2D eigenvalue weighted by Crippen LogP contribution is -2.35. The van der Waals surface area contributed by atoms with Crippen molar-refractivity contribution in [1.82, 2.24) is 0 Å². The van der Waals surface area contributed by atoms with Crippen molar-refractivity contribution in [2.45, 2.75) is 38.1 Å². The van der Waals surface area contributed by atoms with Gasteiger partial charge in [-0.15, -0.1) is 0 Å². The average molecular weight is 278 g/mol. The normalized spacial score (nSPS) is 20.8. The Labute approximate surface area is 128 Å². The second-order valence-electron chi connectivity index (χ2n) is 6.10. The number of nitrogens with zero attached hydrogens (tertiary/aromatic N) is 1. The van der Waals surface area contributed by atoms with Gasteiger partial charge in [-0.1, -0.05) is 67.6 Å². The van der Waals surface area contributed by atoms with Gasteiger partial charge in [-0.2, -0.15) is 0 Å². The topological polar surface area (TPSA) is 3.01 Å². The molecular formula is C20H24N+. The molecule has 2 aromatic rings. The van der Waals surface area contributed by atoms with Gasteiger partial charge in [-0.05, 0) is 18.1 Å². The van der Waals surface area contributed by atoms with Crippen LogP contribution in [0.1, 0.15) is 37.8 Å². The highest BCUT2D eigenvalue weighted by Crippen LogP contribution is 2.43. The Morgan fingerprint density at radius 3 is 1.86 bits per heavy atom. The lowest BCUT2D eigenvalue weighted by Gasteiger charge is -2.29. The Morgan fingerprint density at radius 1 is 0.952 bits per heavy atom. The number of hydrogen-bond donors (Lipinski definition) is 0. The van der Waals surface area contributed by atoms with Gasteiger partial charge in [0.25, 0.3) is 0 Å². The van der Waals surface area contributed by atoms with Crippen molar-refractivity contribution < 1.29 is 4.58 Å². The van der Waals surface area contributed by atoms with E-state index in [1.165, 1.54) is 16.8 Å². The summed E-state index contributed by atoms with van der Waals surface area (Å²) in [5.41, 5.74) is 4.41. The monoisotopic (exact) mass is 278 g/mol. The van der Waals surface area contributed by atoms with Crippen LogP contribution >= 0.6 is 0 Å². The van der Waals surface area contributed by atoms with Crippen LogP contribution < -0.4 is 0 Å². The summed E-state index contributed by atoms with van der Waals surface area (Å²) in [7, 11) is 2.25. The Morgan fingerprint density at radius 2 is 1.43 bits per heavy atom. The summed E-state index contributed by atoms with van der Waals surface area (Å²) < 4.78 is 2.49. The van der Waals surface area contributed by atoms with Crippen LogP contribution in [0.5, 0.6) is 0 Å². The highest BCUT2D eigenvalue weighted by atomic mass is 15.1. The van der Waals surface area contributed by atoms with Crippen molar-refractivity contribution >= 4 is 5.71 Å². The molecule has 0 aromatic heterocycles. The fourth-order valence-electron chi connectivity index (χ4n) is 4.00. The third-order valence-corrected chi connectivity index (χ3v) is 5.05. The molecule has 1 atom stereocenters. The quantitative estimate of drug-likeness (QED) is 0.738. The first kappa shape index (κ1) is 14.1. The predicted molar refractivity (Wildman–Crippen MR) is 89.2 cm³/mol. The molecule has 1 nitrogen and oxygen atoms in total. The molecule has 108 valence electrons. The molecule has 1 heterocycles. The van der Waals surface area contributed by atoms with Gasteiger partial charge in [0.1, 0.15) is 12.5 Å². The van der Waals surface area contributed by atoms with Crippen LogP contribution in [-0.4, -0.2) is 23.4 Å². The molecule has 3 rings (SSSR count). The van der Waals surface area contributed by atoms with Crippen LogP contribution in [-0.2, 0) is 5.41 Å². The van der Waals surface area contributed by atoms with Gasteiger partial charge in [-0.25, -0.2) is 4.58 Å². The molecule has 21 heavy (non-hydrogen) atoms. The predicted octanol–water partition coefficient (Wildman–Crippen LogP) is 4.26. The molecule has 0 aliphatic carbocycles. The standard InChI is InChI=1S/C20H24N/c1-4-19-20(15-16(2)21(19)3,17-11-7-5-8-12-17)18-13-9-6-10-14-18/h5-14,16H,4,15H2,1-3H3/q+1. The third-order valence-electron chi connectivity index (χ3n) is 5.05. The van der Waals surface area contributed by atoms with E-state index in [1.807, 2.05) is 0 Å². The minimum Gasteiger partial charge on any atom is -0.236 e. The van der Waals surface area contributed by atoms with Crippen molar-refractivity contribution in [3.05, 3.63) is 71.8 Å². The van der Waals surface area contributed by atoms with E-state index in [1.54, 1.807) is 0 Å². The van der Waals surface area contributed by atoms with Crippen LogP contribution in [0.4, 0.5) is 0 Å². The summed E-state index contributed by atoms with van der Waals surface area (Å²) in [6.45, 7) is 4.62. The molecular weight excluding hydrogens is 254 g/mol. The first-order valence-electron chi connectivity index (χ1n) is 7.90. The summed E-state index contributed by atoms with van der Waals surface area (Å²) in [5, 5.41) is 0. The minimum absolute atomic E-state index is 0.0332. The molecule has 0 N–H and O–H groups in total. The van der Waals surface area contributed by atoms with Gasteiger partial charge in [-0.3, -0.25) is 0 Å². The Kier molecular flexibility index (Phi) is 3.67. The van der Waals surface area contributed by atoms with E-state index < -0.39 is 0 Å². The van der Waals surface area contributed by atoms with Crippen molar-refractivity contribution in [1.29, 1.82) is 0 Å². The maximum atomic E-state index is 2.49. The van der Waals surface area contributed by atoms with Crippen molar-refractivity contribution in [2.75, 3.05) is 7.05 Å². The van der Waals surface area contributed by atoms with Crippen molar-refractivity contribution in [3.8, 4) is 0 Å². The lowest BCUT2D eigenvalue weighted by atomic mass is 9.68. The van der Waals surface area contributed by atoms with E-state index in [0.29, 0.717) is 6.04 Å². The molecule has 1 aliphatic rings. The van der Waals surface area contributed by atoms with Gasteiger partial charge in [0.15, 0.2) is 11.8 Å². The van der Waals surface area contributed by atoms with E-state index in [0.717, 1.165) is 12.8 Å². The van der Waals surface area contributed by atoms with Crippen LogP contribution in [0.25, 0.3) is 0 Å². The largest absolute Gasteiger partial charge is 0.236 e. The second kappa shape index (κ2) is 5.48. The lowest BCUT2D eigenvalue weighted by molar-refractivity contribution is -0.526. The number of hydrogen-bond acceptors (Lipinski definition) is 0. The first-order valence-corrected chi connectivity index (χ1v) is 7.90. The van der Waals surface area contributed by atoms with E-state index in [-0.39, 0.29) is 5.41 Å². The number of rotatable bonds is 3. The molecule has 0 radical (unpaired) electrons. The zero-order valence-corrected chi connectivity index (χ0v) is 13.2. The smallest absolute Gasteiger partial charge is 0.167 e. The molecule has 1 aliphatic heterocycles. The summed E-state index contributed by atoms with van der Waals surface area (Å²) >= 11 is 0. The zero-order chi connectivity index (χ0) is 14.9. The summed E-state index contributed by atoms with van der Waals surface area (Å²) in [4.78, 5) is 0.